The maximum absolute atomic E-state index is 13.8. The highest BCUT2D eigenvalue weighted by Gasteiger charge is 2.59. The average Bonchev–Trinajstić information content (AvgIpc) is 3.13. The zero-order valence-corrected chi connectivity index (χ0v) is 30.4. The monoisotopic (exact) mass is 649 g/mol. The summed E-state index contributed by atoms with van der Waals surface area (Å²) < 4.78 is 46.4. The Morgan fingerprint density at radius 1 is 1.05 bits per heavy atom. The van der Waals surface area contributed by atoms with Gasteiger partial charge in [-0.25, -0.2) is 4.79 Å². The van der Waals surface area contributed by atoms with Gasteiger partial charge in [-0.2, -0.15) is 4.98 Å². The normalized spacial score (nSPS) is 23.2. The Labute approximate surface area is 252 Å². The lowest BCUT2D eigenvalue weighted by molar-refractivity contribution is -0.114. The number of hydrogen-bond donors (Lipinski definition) is 2. The topological polar surface area (TPSA) is 147 Å². The molecule has 1 aliphatic rings. The van der Waals surface area contributed by atoms with E-state index in [0.29, 0.717) is 0 Å². The van der Waals surface area contributed by atoms with Crippen LogP contribution in [0.25, 0.3) is 0 Å². The number of aliphatic hydroxyl groups is 1. The van der Waals surface area contributed by atoms with E-state index in [1.165, 1.54) is 23.8 Å². The SMILES string of the molecule is CCOP(=O)(OCC)[C@H](O)[C@H]1O[C@@H](n2ccc(NC(C)=O)nc2=O)[C@@H](O[Si](C)(C)C(C)(C)C)[C@@H]1O[Si](C)(C)C(C)(C)C. The minimum Gasteiger partial charge on any atom is -0.408 e. The number of amides is 1. The van der Waals surface area contributed by atoms with Crippen LogP contribution in [0.3, 0.4) is 0 Å². The highest BCUT2D eigenvalue weighted by atomic mass is 31.2. The third-order valence-electron chi connectivity index (χ3n) is 8.34. The molecule has 1 saturated heterocycles. The van der Waals surface area contributed by atoms with Crippen LogP contribution in [-0.2, 0) is 32.0 Å². The van der Waals surface area contributed by atoms with Crippen molar-refractivity contribution in [3.8, 4) is 0 Å². The molecule has 242 valence electrons. The molecule has 1 aliphatic heterocycles. The predicted molar refractivity (Wildman–Crippen MR) is 168 cm³/mol. The number of hydrogen-bond acceptors (Lipinski definition) is 10. The first-order valence-electron chi connectivity index (χ1n) is 14.5. The molecule has 0 radical (unpaired) electrons. The van der Waals surface area contributed by atoms with Crippen molar-refractivity contribution in [2.75, 3.05) is 18.5 Å². The predicted octanol–water partition coefficient (Wildman–Crippen LogP) is 5.46. The van der Waals surface area contributed by atoms with Gasteiger partial charge < -0.3 is 33.1 Å². The molecular formula is C27H52N3O9PSi2. The van der Waals surface area contributed by atoms with Gasteiger partial charge in [0, 0.05) is 13.1 Å². The standard InChI is InChI=1S/C27H52N3O9PSi2/c1-14-35-40(34,36-15-2)24(32)22-20(38-41(10,11)26(4,5)6)21(39-42(12,13)27(7,8)9)23(37-22)30-17-16-19(28-18(3)31)29-25(30)33/h16-17,20-24,32H,14-15H2,1-13H3,(H,28,29,31,33)/t20-,21-,22-,23+,24-/m0/s1. The van der Waals surface area contributed by atoms with Gasteiger partial charge in [0.2, 0.25) is 5.91 Å². The molecule has 2 heterocycles. The molecule has 2 rings (SSSR count). The number of nitrogens with one attached hydrogen (secondary N) is 1. The zero-order valence-electron chi connectivity index (χ0n) is 27.5. The quantitative estimate of drug-likeness (QED) is 0.221. The molecule has 1 aromatic heterocycles. The minimum atomic E-state index is -4.10. The summed E-state index contributed by atoms with van der Waals surface area (Å²) in [5, 5.41) is 13.7. The summed E-state index contributed by atoms with van der Waals surface area (Å²) in [4.78, 5) is 28.9. The first-order valence-corrected chi connectivity index (χ1v) is 21.9. The molecule has 0 aliphatic carbocycles. The van der Waals surface area contributed by atoms with Crippen molar-refractivity contribution < 1.29 is 37.1 Å². The summed E-state index contributed by atoms with van der Waals surface area (Å²) in [5.74, 6) is -2.01. The van der Waals surface area contributed by atoms with Crippen LogP contribution in [0.4, 0.5) is 5.82 Å². The van der Waals surface area contributed by atoms with Crippen LogP contribution in [0.1, 0.15) is 68.5 Å². The van der Waals surface area contributed by atoms with Crippen molar-refractivity contribution in [3.63, 3.8) is 0 Å². The molecule has 1 amide bonds. The summed E-state index contributed by atoms with van der Waals surface area (Å²) >= 11 is 0. The van der Waals surface area contributed by atoms with Crippen molar-refractivity contribution >= 4 is 36.0 Å². The lowest BCUT2D eigenvalue weighted by Crippen LogP contribution is -2.55. The minimum absolute atomic E-state index is 0.0378. The molecule has 0 saturated carbocycles. The fraction of sp³-hybridized carbons (Fsp3) is 0.815. The molecule has 0 unspecified atom stereocenters. The highest BCUT2D eigenvalue weighted by molar-refractivity contribution is 7.54. The van der Waals surface area contributed by atoms with E-state index in [9.17, 15) is 19.3 Å². The summed E-state index contributed by atoms with van der Waals surface area (Å²) in [6.07, 6.45) is -2.70. The lowest BCUT2D eigenvalue weighted by Gasteiger charge is -2.44. The maximum atomic E-state index is 13.8. The number of aliphatic hydroxyl groups excluding tert-OH is 1. The Morgan fingerprint density at radius 2 is 1.52 bits per heavy atom. The largest absolute Gasteiger partial charge is 0.408 e. The Morgan fingerprint density at radius 3 is 1.93 bits per heavy atom. The summed E-state index contributed by atoms with van der Waals surface area (Å²) in [5.41, 5.74) is -0.700. The van der Waals surface area contributed by atoms with Crippen LogP contribution in [0, 0.1) is 0 Å². The van der Waals surface area contributed by atoms with Gasteiger partial charge in [-0.05, 0) is 56.2 Å². The van der Waals surface area contributed by atoms with E-state index in [1.807, 2.05) is 0 Å². The first-order chi connectivity index (χ1) is 19.0. The average molecular weight is 650 g/mol. The third-order valence-corrected chi connectivity index (χ3v) is 19.5. The fourth-order valence-corrected chi connectivity index (χ4v) is 8.29. The highest BCUT2D eigenvalue weighted by Crippen LogP contribution is 2.57. The summed E-state index contributed by atoms with van der Waals surface area (Å²) in [6, 6.07) is 1.48. The van der Waals surface area contributed by atoms with Gasteiger partial charge in [0.1, 0.15) is 24.1 Å². The Hall–Kier alpha value is -1.23. The van der Waals surface area contributed by atoms with Crippen LogP contribution in [0.5, 0.6) is 0 Å². The second-order valence-electron chi connectivity index (χ2n) is 13.6. The maximum Gasteiger partial charge on any atom is 0.361 e. The molecule has 1 aromatic rings. The number of ether oxygens (including phenoxy) is 1. The molecule has 42 heavy (non-hydrogen) atoms. The van der Waals surface area contributed by atoms with Crippen molar-refractivity contribution in [2.24, 2.45) is 0 Å². The van der Waals surface area contributed by atoms with Crippen LogP contribution in [0.2, 0.25) is 36.3 Å². The Bertz CT molecular complexity index is 1190. The van der Waals surface area contributed by atoms with E-state index >= 15 is 0 Å². The van der Waals surface area contributed by atoms with Crippen molar-refractivity contribution in [1.82, 2.24) is 9.55 Å². The zero-order chi connectivity index (χ0) is 32.5. The van der Waals surface area contributed by atoms with E-state index in [-0.39, 0.29) is 35.0 Å². The molecule has 5 atom stereocenters. The molecular weight excluding hydrogens is 597 g/mol. The van der Waals surface area contributed by atoms with E-state index in [4.69, 9.17) is 22.6 Å². The second-order valence-corrected chi connectivity index (χ2v) is 25.3. The van der Waals surface area contributed by atoms with Gasteiger partial charge in [-0.1, -0.05) is 41.5 Å². The number of carbonyl (C=O) groups is 1. The number of rotatable bonds is 12. The van der Waals surface area contributed by atoms with Crippen molar-refractivity contribution in [2.45, 2.75) is 129 Å². The van der Waals surface area contributed by atoms with Crippen LogP contribution < -0.4 is 11.0 Å². The van der Waals surface area contributed by atoms with Crippen molar-refractivity contribution in [3.05, 3.63) is 22.7 Å². The van der Waals surface area contributed by atoms with Gasteiger partial charge in [-0.15, -0.1) is 0 Å². The lowest BCUT2D eigenvalue weighted by atomic mass is 10.1. The molecule has 0 aromatic carbocycles. The number of aromatic nitrogens is 2. The Balaban J connectivity index is 2.80. The second kappa shape index (κ2) is 13.4. The van der Waals surface area contributed by atoms with Gasteiger partial charge in [-0.3, -0.25) is 13.9 Å². The molecule has 12 nitrogen and oxygen atoms in total. The Kier molecular flexibility index (Phi) is 11.8. The number of nitrogens with zero attached hydrogens (tertiary/aromatic N) is 2. The molecule has 2 N–H and O–H groups in total. The molecule has 15 heteroatoms. The van der Waals surface area contributed by atoms with Crippen LogP contribution in [-0.4, -0.2) is 74.6 Å². The van der Waals surface area contributed by atoms with Gasteiger partial charge in [0.15, 0.2) is 28.7 Å². The smallest absolute Gasteiger partial charge is 0.361 e. The summed E-state index contributed by atoms with van der Waals surface area (Å²) in [7, 11) is -9.21. The van der Waals surface area contributed by atoms with E-state index in [0.717, 1.165) is 0 Å². The summed E-state index contributed by atoms with van der Waals surface area (Å²) in [6.45, 7) is 25.5. The third kappa shape index (κ3) is 8.27. The van der Waals surface area contributed by atoms with Crippen molar-refractivity contribution in [1.29, 1.82) is 0 Å². The van der Waals surface area contributed by atoms with E-state index in [1.54, 1.807) is 13.8 Å². The molecule has 0 bridgehead atoms. The van der Waals surface area contributed by atoms with E-state index in [2.05, 4.69) is 78.0 Å². The van der Waals surface area contributed by atoms with Crippen LogP contribution in [0.15, 0.2) is 17.1 Å². The number of carbonyl (C=O) groups excluding carboxylic acids is 1. The van der Waals surface area contributed by atoms with Gasteiger partial charge >= 0.3 is 13.3 Å². The number of anilines is 1. The first kappa shape index (κ1) is 37.0. The fourth-order valence-electron chi connectivity index (χ4n) is 4.01. The molecule has 1 fully saturated rings. The van der Waals surface area contributed by atoms with Gasteiger partial charge in [0.25, 0.3) is 0 Å². The molecule has 0 spiro atoms. The van der Waals surface area contributed by atoms with E-state index < -0.39 is 60.3 Å². The van der Waals surface area contributed by atoms with Gasteiger partial charge in [0.05, 0.1) is 13.2 Å². The van der Waals surface area contributed by atoms with Crippen LogP contribution >= 0.6 is 7.60 Å².